The Bertz CT molecular complexity index is 286. The molecular formula is C11H20N2O3S. The molecule has 2 N–H and O–H groups in total. The van der Waals surface area contributed by atoms with Crippen LogP contribution in [-0.4, -0.2) is 58.6 Å². The van der Waals surface area contributed by atoms with Crippen molar-refractivity contribution in [3.8, 4) is 0 Å². The highest BCUT2D eigenvalue weighted by Gasteiger charge is 2.25. The standard InChI is InChI=1S/C11H20N2O3S/c1-3-9-6-13(4-5-17-9)7-10(11(15)16)12-8(2)14/h9-10H,3-7H2,1-2H3,(H,12,14)(H,15,16). The third-order valence-electron chi connectivity index (χ3n) is 2.79. The number of carbonyl (C=O) groups is 2. The van der Waals surface area contributed by atoms with Crippen molar-refractivity contribution in [2.24, 2.45) is 0 Å². The van der Waals surface area contributed by atoms with E-state index >= 15 is 0 Å². The Morgan fingerprint density at radius 3 is 2.82 bits per heavy atom. The Morgan fingerprint density at radius 1 is 1.59 bits per heavy atom. The van der Waals surface area contributed by atoms with Gasteiger partial charge in [-0.05, 0) is 6.42 Å². The third-order valence-corrected chi connectivity index (χ3v) is 4.17. The predicted octanol–water partition coefficient (Wildman–Crippen LogP) is 0.403. The second-order valence-electron chi connectivity index (χ2n) is 4.25. The van der Waals surface area contributed by atoms with Crippen molar-refractivity contribution in [3.63, 3.8) is 0 Å². The van der Waals surface area contributed by atoms with Gasteiger partial charge in [-0.2, -0.15) is 11.8 Å². The van der Waals surface area contributed by atoms with Gasteiger partial charge in [-0.15, -0.1) is 0 Å². The lowest BCUT2D eigenvalue weighted by Crippen LogP contribution is -2.50. The van der Waals surface area contributed by atoms with Crippen LogP contribution in [0.2, 0.25) is 0 Å². The summed E-state index contributed by atoms with van der Waals surface area (Å²) in [6.45, 7) is 5.68. The van der Waals surface area contributed by atoms with Crippen molar-refractivity contribution in [1.29, 1.82) is 0 Å². The van der Waals surface area contributed by atoms with Crippen molar-refractivity contribution in [3.05, 3.63) is 0 Å². The molecule has 0 aliphatic carbocycles. The van der Waals surface area contributed by atoms with E-state index in [0.717, 1.165) is 25.3 Å². The highest BCUT2D eigenvalue weighted by Crippen LogP contribution is 2.20. The molecule has 5 nitrogen and oxygen atoms in total. The van der Waals surface area contributed by atoms with Gasteiger partial charge < -0.3 is 10.4 Å². The number of amides is 1. The number of hydrogen-bond donors (Lipinski definition) is 2. The number of carboxylic acids is 1. The van der Waals surface area contributed by atoms with E-state index in [1.807, 2.05) is 11.8 Å². The molecule has 1 aliphatic heterocycles. The Hall–Kier alpha value is -0.750. The molecule has 0 radical (unpaired) electrons. The molecule has 98 valence electrons. The van der Waals surface area contributed by atoms with E-state index in [2.05, 4.69) is 17.1 Å². The number of nitrogens with zero attached hydrogens (tertiary/aromatic N) is 1. The molecule has 0 aromatic rings. The maximum atomic E-state index is 11.0. The van der Waals surface area contributed by atoms with Crippen molar-refractivity contribution < 1.29 is 14.7 Å². The van der Waals surface area contributed by atoms with Gasteiger partial charge in [-0.25, -0.2) is 4.79 Å². The Kier molecular flexibility index (Phi) is 5.77. The quantitative estimate of drug-likeness (QED) is 0.749. The molecule has 1 rings (SSSR count). The topological polar surface area (TPSA) is 69.6 Å². The summed E-state index contributed by atoms with van der Waals surface area (Å²) in [5.41, 5.74) is 0. The molecule has 0 bridgehead atoms. The largest absolute Gasteiger partial charge is 0.480 e. The zero-order valence-electron chi connectivity index (χ0n) is 10.3. The number of rotatable bonds is 5. The Labute approximate surface area is 106 Å². The van der Waals surface area contributed by atoms with Gasteiger partial charge in [0.05, 0.1) is 0 Å². The van der Waals surface area contributed by atoms with Crippen LogP contribution < -0.4 is 5.32 Å². The maximum absolute atomic E-state index is 11.0. The lowest BCUT2D eigenvalue weighted by atomic mass is 10.2. The number of carbonyl (C=O) groups excluding carboxylic acids is 1. The minimum atomic E-state index is -0.966. The van der Waals surface area contributed by atoms with E-state index in [1.165, 1.54) is 6.92 Å². The first-order valence-electron chi connectivity index (χ1n) is 5.86. The van der Waals surface area contributed by atoms with Crippen LogP contribution in [0.25, 0.3) is 0 Å². The molecule has 2 atom stereocenters. The zero-order valence-corrected chi connectivity index (χ0v) is 11.1. The second-order valence-corrected chi connectivity index (χ2v) is 5.66. The molecule has 1 heterocycles. The highest BCUT2D eigenvalue weighted by atomic mass is 32.2. The van der Waals surface area contributed by atoms with E-state index in [1.54, 1.807) is 0 Å². The normalized spacial score (nSPS) is 23.1. The van der Waals surface area contributed by atoms with E-state index in [4.69, 9.17) is 5.11 Å². The van der Waals surface area contributed by atoms with Crippen LogP contribution in [0.5, 0.6) is 0 Å². The molecule has 0 spiro atoms. The first-order chi connectivity index (χ1) is 8.02. The number of aliphatic carboxylic acids is 1. The van der Waals surface area contributed by atoms with E-state index in [-0.39, 0.29) is 5.91 Å². The summed E-state index contributed by atoms with van der Waals surface area (Å²) in [6, 6.07) is -0.798. The fourth-order valence-electron chi connectivity index (χ4n) is 1.88. The molecular weight excluding hydrogens is 240 g/mol. The van der Waals surface area contributed by atoms with Gasteiger partial charge in [0.1, 0.15) is 6.04 Å². The minimum absolute atomic E-state index is 0.296. The van der Waals surface area contributed by atoms with Crippen LogP contribution in [0.15, 0.2) is 0 Å². The first-order valence-corrected chi connectivity index (χ1v) is 6.91. The van der Waals surface area contributed by atoms with E-state index in [9.17, 15) is 9.59 Å². The molecule has 0 aromatic heterocycles. The van der Waals surface area contributed by atoms with Crippen LogP contribution in [0, 0.1) is 0 Å². The van der Waals surface area contributed by atoms with Crippen LogP contribution >= 0.6 is 11.8 Å². The summed E-state index contributed by atoms with van der Waals surface area (Å²) in [5.74, 6) is -0.229. The summed E-state index contributed by atoms with van der Waals surface area (Å²) in [4.78, 5) is 24.1. The fraction of sp³-hybridized carbons (Fsp3) is 0.818. The van der Waals surface area contributed by atoms with Gasteiger partial charge in [0.25, 0.3) is 0 Å². The summed E-state index contributed by atoms with van der Waals surface area (Å²) >= 11 is 1.94. The molecule has 0 saturated carbocycles. The average molecular weight is 260 g/mol. The van der Waals surface area contributed by atoms with Crippen molar-refractivity contribution >= 4 is 23.6 Å². The monoisotopic (exact) mass is 260 g/mol. The lowest BCUT2D eigenvalue weighted by molar-refractivity contribution is -0.142. The maximum Gasteiger partial charge on any atom is 0.327 e. The molecule has 1 fully saturated rings. The molecule has 1 amide bonds. The minimum Gasteiger partial charge on any atom is -0.480 e. The van der Waals surface area contributed by atoms with Crippen molar-refractivity contribution in [1.82, 2.24) is 10.2 Å². The predicted molar refractivity (Wildman–Crippen MR) is 68.2 cm³/mol. The van der Waals surface area contributed by atoms with Gasteiger partial charge in [-0.3, -0.25) is 9.69 Å². The summed E-state index contributed by atoms with van der Waals surface area (Å²) in [5, 5.41) is 12.1. The third kappa shape index (κ3) is 4.95. The molecule has 1 aliphatic rings. The van der Waals surface area contributed by atoms with E-state index in [0.29, 0.717) is 11.8 Å². The molecule has 17 heavy (non-hydrogen) atoms. The molecule has 6 heteroatoms. The van der Waals surface area contributed by atoms with Crippen LogP contribution in [0.4, 0.5) is 0 Å². The Balaban J connectivity index is 2.48. The van der Waals surface area contributed by atoms with Gasteiger partial charge in [0.15, 0.2) is 0 Å². The second kappa shape index (κ2) is 6.86. The van der Waals surface area contributed by atoms with Gasteiger partial charge in [0.2, 0.25) is 5.91 Å². The first kappa shape index (κ1) is 14.3. The average Bonchev–Trinajstić information content (AvgIpc) is 2.27. The lowest BCUT2D eigenvalue weighted by Gasteiger charge is -2.33. The number of hydrogen-bond acceptors (Lipinski definition) is 4. The van der Waals surface area contributed by atoms with Gasteiger partial charge in [-0.1, -0.05) is 6.92 Å². The zero-order chi connectivity index (χ0) is 12.8. The van der Waals surface area contributed by atoms with Gasteiger partial charge >= 0.3 is 5.97 Å². The van der Waals surface area contributed by atoms with Gasteiger partial charge in [0, 0.05) is 37.6 Å². The number of carboxylic acid groups (broad SMARTS) is 1. The molecule has 2 unspecified atom stereocenters. The van der Waals surface area contributed by atoms with Crippen molar-refractivity contribution in [2.45, 2.75) is 31.6 Å². The SMILES string of the molecule is CCC1CN(CC(NC(C)=O)C(=O)O)CCS1. The smallest absolute Gasteiger partial charge is 0.327 e. The van der Waals surface area contributed by atoms with Crippen LogP contribution in [0.3, 0.4) is 0 Å². The van der Waals surface area contributed by atoms with E-state index < -0.39 is 12.0 Å². The van der Waals surface area contributed by atoms with Crippen LogP contribution in [-0.2, 0) is 9.59 Å². The van der Waals surface area contributed by atoms with Crippen molar-refractivity contribution in [2.75, 3.05) is 25.4 Å². The fourth-order valence-corrected chi connectivity index (χ4v) is 3.13. The summed E-state index contributed by atoms with van der Waals surface area (Å²) in [6.07, 6.45) is 1.10. The molecule has 1 saturated heterocycles. The number of nitrogens with one attached hydrogen (secondary N) is 1. The summed E-state index contributed by atoms with van der Waals surface area (Å²) < 4.78 is 0. The Morgan fingerprint density at radius 2 is 2.29 bits per heavy atom. The van der Waals surface area contributed by atoms with Crippen LogP contribution in [0.1, 0.15) is 20.3 Å². The molecule has 0 aromatic carbocycles. The highest BCUT2D eigenvalue weighted by molar-refractivity contribution is 8.00. The summed E-state index contributed by atoms with van der Waals surface area (Å²) in [7, 11) is 0. The number of thioether (sulfide) groups is 1.